The lowest BCUT2D eigenvalue weighted by Gasteiger charge is -2.04. The van der Waals surface area contributed by atoms with Crippen LogP contribution in [0.1, 0.15) is 10.4 Å². The molecule has 128 valence electrons. The number of H-pyrrole nitrogens is 1. The lowest BCUT2D eigenvalue weighted by molar-refractivity contribution is 0.102. The van der Waals surface area contributed by atoms with Crippen molar-refractivity contribution in [3.05, 3.63) is 77.1 Å². The van der Waals surface area contributed by atoms with Crippen LogP contribution in [-0.2, 0) is 0 Å². The standard InChI is InChI=1S/C19H13N3O2S2/c23-17(14-7-4-10-20-18(14)25)22-19-21-15-9-8-13(11-16(15)26-19)24-12-5-2-1-3-6-12/h1-11H,(H,20,25)(H,21,22,23). The van der Waals surface area contributed by atoms with Crippen LogP contribution in [0.25, 0.3) is 10.2 Å². The van der Waals surface area contributed by atoms with Gasteiger partial charge in [-0.15, -0.1) is 0 Å². The Kier molecular flexibility index (Phi) is 4.47. The molecule has 2 heterocycles. The number of hydrogen-bond acceptors (Lipinski definition) is 5. The molecule has 0 bridgehead atoms. The molecule has 2 N–H and O–H groups in total. The first-order chi connectivity index (χ1) is 12.7. The predicted octanol–water partition coefficient (Wildman–Crippen LogP) is 5.40. The fourth-order valence-electron chi connectivity index (χ4n) is 2.41. The number of thiazole rings is 1. The van der Waals surface area contributed by atoms with Gasteiger partial charge in [-0.25, -0.2) is 4.98 Å². The molecule has 2 aromatic heterocycles. The topological polar surface area (TPSA) is 67.0 Å². The number of carbonyl (C=O) groups excluding carboxylic acids is 1. The van der Waals surface area contributed by atoms with Crippen LogP contribution in [0.3, 0.4) is 0 Å². The van der Waals surface area contributed by atoms with Crippen LogP contribution in [0.2, 0.25) is 0 Å². The van der Waals surface area contributed by atoms with E-state index in [0.29, 0.717) is 15.3 Å². The number of anilines is 1. The van der Waals surface area contributed by atoms with Crippen molar-refractivity contribution in [3.8, 4) is 11.5 Å². The fourth-order valence-corrected chi connectivity index (χ4v) is 3.53. The Labute approximate surface area is 158 Å². The highest BCUT2D eigenvalue weighted by Gasteiger charge is 2.12. The smallest absolute Gasteiger partial charge is 0.260 e. The number of carbonyl (C=O) groups is 1. The zero-order valence-electron chi connectivity index (χ0n) is 13.4. The number of nitrogens with zero attached hydrogens (tertiary/aromatic N) is 1. The molecule has 2 aromatic carbocycles. The summed E-state index contributed by atoms with van der Waals surface area (Å²) in [5.74, 6) is 1.20. The summed E-state index contributed by atoms with van der Waals surface area (Å²) in [6.07, 6.45) is 1.69. The van der Waals surface area contributed by atoms with Gasteiger partial charge >= 0.3 is 0 Å². The van der Waals surface area contributed by atoms with Crippen LogP contribution in [-0.4, -0.2) is 15.9 Å². The molecule has 26 heavy (non-hydrogen) atoms. The molecule has 0 fully saturated rings. The lowest BCUT2D eigenvalue weighted by atomic mass is 10.3. The minimum absolute atomic E-state index is 0.285. The zero-order valence-corrected chi connectivity index (χ0v) is 15.1. The number of benzene rings is 2. The number of aromatic amines is 1. The quantitative estimate of drug-likeness (QED) is 0.466. The van der Waals surface area contributed by atoms with Crippen LogP contribution in [0, 0.1) is 4.64 Å². The van der Waals surface area contributed by atoms with Crippen molar-refractivity contribution in [2.75, 3.05) is 5.32 Å². The van der Waals surface area contributed by atoms with E-state index < -0.39 is 0 Å². The van der Waals surface area contributed by atoms with Gasteiger partial charge in [-0.05, 0) is 36.4 Å². The summed E-state index contributed by atoms with van der Waals surface area (Å²) in [5, 5.41) is 3.31. The number of ether oxygens (including phenoxy) is 1. The van der Waals surface area contributed by atoms with E-state index in [0.717, 1.165) is 21.7 Å². The summed E-state index contributed by atoms with van der Waals surface area (Å²) >= 11 is 6.52. The third-order valence-electron chi connectivity index (χ3n) is 3.62. The second-order valence-corrected chi connectivity index (χ2v) is 6.87. The molecular formula is C19H13N3O2S2. The highest BCUT2D eigenvalue weighted by molar-refractivity contribution is 7.71. The van der Waals surface area contributed by atoms with Gasteiger partial charge in [0.05, 0.1) is 15.8 Å². The van der Waals surface area contributed by atoms with E-state index in [4.69, 9.17) is 17.0 Å². The molecule has 1 amide bonds. The van der Waals surface area contributed by atoms with E-state index in [1.165, 1.54) is 11.3 Å². The van der Waals surface area contributed by atoms with Crippen molar-refractivity contribution >= 4 is 44.8 Å². The Balaban J connectivity index is 1.57. The lowest BCUT2D eigenvalue weighted by Crippen LogP contribution is -2.12. The number of pyridine rings is 1. The number of hydrogen-bond donors (Lipinski definition) is 2. The summed E-state index contributed by atoms with van der Waals surface area (Å²) in [6, 6.07) is 18.6. The van der Waals surface area contributed by atoms with Crippen molar-refractivity contribution in [2.24, 2.45) is 0 Å². The third-order valence-corrected chi connectivity index (χ3v) is 4.89. The molecule has 0 aliphatic carbocycles. The third kappa shape index (κ3) is 3.49. The molecule has 5 nitrogen and oxygen atoms in total. The molecule has 4 aromatic rings. The summed E-state index contributed by atoms with van der Waals surface area (Å²) in [6.45, 7) is 0. The van der Waals surface area contributed by atoms with Crippen molar-refractivity contribution in [2.45, 2.75) is 0 Å². The first-order valence-corrected chi connectivity index (χ1v) is 9.04. The van der Waals surface area contributed by atoms with Crippen molar-refractivity contribution in [1.29, 1.82) is 0 Å². The van der Waals surface area contributed by atoms with E-state index in [9.17, 15) is 4.79 Å². The summed E-state index contributed by atoms with van der Waals surface area (Å²) < 4.78 is 7.15. The predicted molar refractivity (Wildman–Crippen MR) is 106 cm³/mol. The average Bonchev–Trinajstić information content (AvgIpc) is 3.04. The second kappa shape index (κ2) is 7.07. The molecule has 0 saturated carbocycles. The number of rotatable bonds is 4. The molecule has 0 atom stereocenters. The Morgan fingerprint density at radius 3 is 2.73 bits per heavy atom. The first kappa shape index (κ1) is 16.4. The van der Waals surface area contributed by atoms with Gasteiger partial charge in [0, 0.05) is 12.3 Å². The number of nitrogens with one attached hydrogen (secondary N) is 2. The number of amides is 1. The van der Waals surface area contributed by atoms with Gasteiger partial charge in [-0.2, -0.15) is 0 Å². The molecule has 0 aliphatic heterocycles. The van der Waals surface area contributed by atoms with Gasteiger partial charge in [0.1, 0.15) is 16.1 Å². The second-order valence-electron chi connectivity index (χ2n) is 5.43. The van der Waals surface area contributed by atoms with Crippen LogP contribution in [0.5, 0.6) is 11.5 Å². The number of fused-ring (bicyclic) bond motifs is 1. The van der Waals surface area contributed by atoms with Gasteiger partial charge in [0.25, 0.3) is 5.91 Å². The van der Waals surface area contributed by atoms with E-state index in [1.54, 1.807) is 18.3 Å². The Bertz CT molecular complexity index is 1140. The molecular weight excluding hydrogens is 366 g/mol. The van der Waals surface area contributed by atoms with Crippen LogP contribution < -0.4 is 10.1 Å². The molecule has 0 saturated heterocycles. The van der Waals surface area contributed by atoms with Gasteiger partial charge in [0.15, 0.2) is 5.13 Å². The van der Waals surface area contributed by atoms with E-state index in [1.807, 2.05) is 48.5 Å². The van der Waals surface area contributed by atoms with E-state index in [-0.39, 0.29) is 5.91 Å². The molecule has 0 spiro atoms. The van der Waals surface area contributed by atoms with Crippen LogP contribution >= 0.6 is 23.6 Å². The van der Waals surface area contributed by atoms with Gasteiger partial charge in [0.2, 0.25) is 0 Å². The van der Waals surface area contributed by atoms with Crippen molar-refractivity contribution in [3.63, 3.8) is 0 Å². The minimum atomic E-state index is -0.285. The van der Waals surface area contributed by atoms with Crippen molar-refractivity contribution < 1.29 is 9.53 Å². The zero-order chi connectivity index (χ0) is 17.9. The minimum Gasteiger partial charge on any atom is -0.457 e. The van der Waals surface area contributed by atoms with Gasteiger partial charge in [-0.3, -0.25) is 10.1 Å². The Morgan fingerprint density at radius 1 is 1.08 bits per heavy atom. The number of para-hydroxylation sites is 1. The summed E-state index contributed by atoms with van der Waals surface area (Å²) in [5.41, 5.74) is 1.21. The molecule has 7 heteroatoms. The molecule has 0 unspecified atom stereocenters. The maximum atomic E-state index is 12.4. The average molecular weight is 379 g/mol. The van der Waals surface area contributed by atoms with E-state index in [2.05, 4.69) is 15.3 Å². The Morgan fingerprint density at radius 2 is 1.92 bits per heavy atom. The summed E-state index contributed by atoms with van der Waals surface area (Å²) in [7, 11) is 0. The van der Waals surface area contributed by atoms with Crippen molar-refractivity contribution in [1.82, 2.24) is 9.97 Å². The summed E-state index contributed by atoms with van der Waals surface area (Å²) in [4.78, 5) is 19.7. The normalized spacial score (nSPS) is 10.6. The SMILES string of the molecule is O=C(Nc1nc2ccc(Oc3ccccc3)cc2s1)c1ccc[nH]c1=S. The van der Waals surface area contributed by atoms with E-state index >= 15 is 0 Å². The Hall–Kier alpha value is -3.03. The van der Waals surface area contributed by atoms with Crippen LogP contribution in [0.15, 0.2) is 66.9 Å². The monoisotopic (exact) mass is 379 g/mol. The molecule has 0 aliphatic rings. The largest absolute Gasteiger partial charge is 0.457 e. The maximum Gasteiger partial charge on any atom is 0.260 e. The first-order valence-electron chi connectivity index (χ1n) is 7.81. The highest BCUT2D eigenvalue weighted by atomic mass is 32.1. The van der Waals surface area contributed by atoms with Gasteiger partial charge < -0.3 is 9.72 Å². The maximum absolute atomic E-state index is 12.4. The van der Waals surface area contributed by atoms with Gasteiger partial charge in [-0.1, -0.05) is 41.8 Å². The highest BCUT2D eigenvalue weighted by Crippen LogP contribution is 2.31. The fraction of sp³-hybridized carbons (Fsp3) is 0. The van der Waals surface area contributed by atoms with Crippen LogP contribution in [0.4, 0.5) is 5.13 Å². The molecule has 4 rings (SSSR count). The number of aromatic nitrogens is 2. The molecule has 0 radical (unpaired) electrons.